The lowest BCUT2D eigenvalue weighted by Crippen LogP contribution is -2.18. The summed E-state index contributed by atoms with van der Waals surface area (Å²) in [5.41, 5.74) is 1.83. The Kier molecular flexibility index (Phi) is 3.43. The highest BCUT2D eigenvalue weighted by Gasteiger charge is 2.33. The van der Waals surface area contributed by atoms with E-state index in [4.69, 9.17) is 9.84 Å². The van der Waals surface area contributed by atoms with Crippen LogP contribution in [0.25, 0.3) is 0 Å². The minimum absolute atomic E-state index is 0.0821. The Morgan fingerprint density at radius 2 is 2.22 bits per heavy atom. The molecule has 2 unspecified atom stereocenters. The van der Waals surface area contributed by atoms with E-state index in [1.54, 1.807) is 6.07 Å². The van der Waals surface area contributed by atoms with Gasteiger partial charge in [-0.05, 0) is 25.0 Å². The number of carboxylic acids is 1. The SMILES string of the molecule is COc1c(O)ccc(C)c1C1CC(C(=O)O)CN1. The molecule has 1 aliphatic heterocycles. The van der Waals surface area contributed by atoms with Crippen LogP contribution in [0.1, 0.15) is 23.6 Å². The van der Waals surface area contributed by atoms with E-state index in [-0.39, 0.29) is 17.7 Å². The molecule has 0 aliphatic carbocycles. The van der Waals surface area contributed by atoms with E-state index >= 15 is 0 Å². The molecule has 3 N–H and O–H groups in total. The van der Waals surface area contributed by atoms with Crippen LogP contribution >= 0.6 is 0 Å². The number of hydrogen-bond acceptors (Lipinski definition) is 4. The van der Waals surface area contributed by atoms with Gasteiger partial charge in [-0.25, -0.2) is 0 Å². The summed E-state index contributed by atoms with van der Waals surface area (Å²) in [5, 5.41) is 22.0. The Morgan fingerprint density at radius 1 is 1.50 bits per heavy atom. The third-order valence-electron chi connectivity index (χ3n) is 3.43. The molecule has 5 nitrogen and oxygen atoms in total. The molecule has 18 heavy (non-hydrogen) atoms. The summed E-state index contributed by atoms with van der Waals surface area (Å²) in [5.74, 6) is -0.666. The molecule has 2 rings (SSSR count). The molecule has 1 aromatic carbocycles. The zero-order valence-corrected chi connectivity index (χ0v) is 10.4. The van der Waals surface area contributed by atoms with Gasteiger partial charge in [0.15, 0.2) is 11.5 Å². The number of carboxylic acid groups (broad SMARTS) is 1. The van der Waals surface area contributed by atoms with Gasteiger partial charge in [-0.3, -0.25) is 4.79 Å². The summed E-state index contributed by atoms with van der Waals surface area (Å²) >= 11 is 0. The molecular formula is C13H17NO4. The molecule has 0 aromatic heterocycles. The molecule has 0 radical (unpaired) electrons. The second-order valence-corrected chi connectivity index (χ2v) is 4.58. The van der Waals surface area contributed by atoms with Crippen molar-refractivity contribution in [2.75, 3.05) is 13.7 Å². The Hall–Kier alpha value is -1.75. The highest BCUT2D eigenvalue weighted by atomic mass is 16.5. The number of benzene rings is 1. The average molecular weight is 251 g/mol. The Balaban J connectivity index is 2.34. The number of aliphatic carboxylic acids is 1. The van der Waals surface area contributed by atoms with Gasteiger partial charge in [0.05, 0.1) is 13.0 Å². The van der Waals surface area contributed by atoms with Crippen LogP contribution < -0.4 is 10.1 Å². The maximum atomic E-state index is 11.0. The van der Waals surface area contributed by atoms with Gasteiger partial charge in [0, 0.05) is 18.2 Å². The molecule has 1 heterocycles. The van der Waals surface area contributed by atoms with Crippen LogP contribution in [0.3, 0.4) is 0 Å². The summed E-state index contributed by atoms with van der Waals surface area (Å²) in [7, 11) is 1.50. The van der Waals surface area contributed by atoms with E-state index in [1.807, 2.05) is 13.0 Å². The summed E-state index contributed by atoms with van der Waals surface area (Å²) < 4.78 is 5.23. The minimum Gasteiger partial charge on any atom is -0.504 e. The zero-order chi connectivity index (χ0) is 13.3. The standard InChI is InChI=1S/C13H17NO4/c1-7-3-4-10(15)12(18-2)11(7)9-5-8(6-14-9)13(16)17/h3-4,8-9,14-15H,5-6H2,1-2H3,(H,16,17). The van der Waals surface area contributed by atoms with Crippen molar-refractivity contribution in [3.63, 3.8) is 0 Å². The van der Waals surface area contributed by atoms with E-state index in [0.29, 0.717) is 18.7 Å². The van der Waals surface area contributed by atoms with Gasteiger partial charge in [0.1, 0.15) is 0 Å². The molecule has 98 valence electrons. The zero-order valence-electron chi connectivity index (χ0n) is 10.4. The van der Waals surface area contributed by atoms with Gasteiger partial charge in [-0.15, -0.1) is 0 Å². The van der Waals surface area contributed by atoms with Crippen LogP contribution in [0, 0.1) is 12.8 Å². The maximum Gasteiger partial charge on any atom is 0.307 e. The minimum atomic E-state index is -0.790. The molecule has 0 saturated carbocycles. The van der Waals surface area contributed by atoms with Gasteiger partial charge in [-0.2, -0.15) is 0 Å². The van der Waals surface area contributed by atoms with Crippen molar-refractivity contribution in [2.24, 2.45) is 5.92 Å². The summed E-state index contributed by atoms with van der Waals surface area (Å²) in [4.78, 5) is 11.0. The van der Waals surface area contributed by atoms with Crippen molar-refractivity contribution in [3.05, 3.63) is 23.3 Å². The van der Waals surface area contributed by atoms with Gasteiger partial charge in [0.2, 0.25) is 0 Å². The van der Waals surface area contributed by atoms with Crippen LogP contribution in [-0.2, 0) is 4.79 Å². The number of aryl methyl sites for hydroxylation is 1. The van der Waals surface area contributed by atoms with Crippen LogP contribution in [-0.4, -0.2) is 29.8 Å². The number of aromatic hydroxyl groups is 1. The Morgan fingerprint density at radius 3 is 2.78 bits per heavy atom. The first-order valence-corrected chi connectivity index (χ1v) is 5.87. The van der Waals surface area contributed by atoms with Gasteiger partial charge in [-0.1, -0.05) is 6.07 Å². The van der Waals surface area contributed by atoms with E-state index in [9.17, 15) is 9.90 Å². The van der Waals surface area contributed by atoms with Crippen molar-refractivity contribution in [3.8, 4) is 11.5 Å². The van der Waals surface area contributed by atoms with Crippen molar-refractivity contribution in [1.29, 1.82) is 0 Å². The molecule has 1 fully saturated rings. The fraction of sp³-hybridized carbons (Fsp3) is 0.462. The quantitative estimate of drug-likeness (QED) is 0.757. The lowest BCUT2D eigenvalue weighted by atomic mass is 9.95. The van der Waals surface area contributed by atoms with Crippen molar-refractivity contribution in [1.82, 2.24) is 5.32 Å². The lowest BCUT2D eigenvalue weighted by molar-refractivity contribution is -0.141. The van der Waals surface area contributed by atoms with E-state index in [1.165, 1.54) is 7.11 Å². The number of ether oxygens (including phenoxy) is 1. The molecular weight excluding hydrogens is 234 g/mol. The third kappa shape index (κ3) is 2.13. The van der Waals surface area contributed by atoms with Crippen molar-refractivity contribution in [2.45, 2.75) is 19.4 Å². The van der Waals surface area contributed by atoms with Gasteiger partial charge in [0.25, 0.3) is 0 Å². The first kappa shape index (κ1) is 12.7. The van der Waals surface area contributed by atoms with Crippen LogP contribution in [0.15, 0.2) is 12.1 Å². The fourth-order valence-corrected chi connectivity index (χ4v) is 2.48. The van der Waals surface area contributed by atoms with E-state index < -0.39 is 5.97 Å². The highest BCUT2D eigenvalue weighted by Crippen LogP contribution is 2.40. The number of carbonyl (C=O) groups is 1. The second-order valence-electron chi connectivity index (χ2n) is 4.58. The molecule has 0 amide bonds. The van der Waals surface area contributed by atoms with Crippen LogP contribution in [0.5, 0.6) is 11.5 Å². The Labute approximate surface area is 105 Å². The molecule has 0 spiro atoms. The molecule has 1 aromatic rings. The molecule has 1 aliphatic rings. The second kappa shape index (κ2) is 4.86. The average Bonchev–Trinajstić information content (AvgIpc) is 2.81. The molecule has 2 atom stereocenters. The number of hydrogen-bond donors (Lipinski definition) is 3. The number of nitrogens with one attached hydrogen (secondary N) is 1. The van der Waals surface area contributed by atoms with Crippen molar-refractivity contribution < 1.29 is 19.7 Å². The predicted octanol–water partition coefficient (Wildman–Crippen LogP) is 1.44. The normalized spacial score (nSPS) is 23.0. The Bertz CT molecular complexity index is 472. The third-order valence-corrected chi connectivity index (χ3v) is 3.43. The van der Waals surface area contributed by atoms with Gasteiger partial charge >= 0.3 is 5.97 Å². The topological polar surface area (TPSA) is 78.8 Å². The first-order valence-electron chi connectivity index (χ1n) is 5.87. The summed E-state index contributed by atoms with van der Waals surface area (Å²) in [6.07, 6.45) is 0.510. The highest BCUT2D eigenvalue weighted by molar-refractivity contribution is 5.71. The summed E-state index contributed by atoms with van der Waals surface area (Å²) in [6.45, 7) is 2.37. The predicted molar refractivity (Wildman–Crippen MR) is 65.9 cm³/mol. The lowest BCUT2D eigenvalue weighted by Gasteiger charge is -2.18. The summed E-state index contributed by atoms with van der Waals surface area (Å²) in [6, 6.07) is 3.30. The van der Waals surface area contributed by atoms with E-state index in [0.717, 1.165) is 11.1 Å². The fourth-order valence-electron chi connectivity index (χ4n) is 2.48. The molecule has 5 heteroatoms. The maximum absolute atomic E-state index is 11.0. The first-order chi connectivity index (χ1) is 8.54. The van der Waals surface area contributed by atoms with Crippen LogP contribution in [0.4, 0.5) is 0 Å². The van der Waals surface area contributed by atoms with Crippen LogP contribution in [0.2, 0.25) is 0 Å². The van der Waals surface area contributed by atoms with Crippen molar-refractivity contribution >= 4 is 5.97 Å². The largest absolute Gasteiger partial charge is 0.504 e. The number of rotatable bonds is 3. The molecule has 1 saturated heterocycles. The molecule has 0 bridgehead atoms. The van der Waals surface area contributed by atoms with E-state index in [2.05, 4.69) is 5.32 Å². The smallest absolute Gasteiger partial charge is 0.307 e. The van der Waals surface area contributed by atoms with Gasteiger partial charge < -0.3 is 20.3 Å². The monoisotopic (exact) mass is 251 g/mol. The number of phenolic OH excluding ortho intramolecular Hbond substituents is 1. The number of methoxy groups -OCH3 is 1. The number of phenols is 1.